The van der Waals surface area contributed by atoms with Gasteiger partial charge in [0.25, 0.3) is 0 Å². The number of hydrogen-bond donors (Lipinski definition) is 2. The van der Waals surface area contributed by atoms with E-state index in [0.717, 1.165) is 5.56 Å². The second-order valence-electron chi connectivity index (χ2n) is 4.61. The number of hydrogen-bond acceptors (Lipinski definition) is 3. The Morgan fingerprint density at radius 3 is 2.41 bits per heavy atom. The summed E-state index contributed by atoms with van der Waals surface area (Å²) in [6, 6.07) is 3.19. The minimum absolute atomic E-state index is 0.176. The number of methoxy groups -OCH3 is 1. The fraction of sp³-hybridized carbons (Fsp3) is 0.538. The van der Waals surface area contributed by atoms with E-state index in [-0.39, 0.29) is 12.0 Å². The fourth-order valence-corrected chi connectivity index (χ4v) is 1.82. The molecule has 0 spiro atoms. The van der Waals surface area contributed by atoms with Gasteiger partial charge in [-0.05, 0) is 30.5 Å². The Hall–Kier alpha value is -0.770. The zero-order valence-corrected chi connectivity index (χ0v) is 11.5. The first-order chi connectivity index (χ1) is 7.88. The van der Waals surface area contributed by atoms with Crippen molar-refractivity contribution in [1.29, 1.82) is 0 Å². The van der Waals surface area contributed by atoms with Crippen LogP contribution in [0.3, 0.4) is 0 Å². The molecular formula is C13H20ClNO2. The molecule has 0 heterocycles. The van der Waals surface area contributed by atoms with Crippen LogP contribution >= 0.6 is 11.6 Å². The zero-order valence-electron chi connectivity index (χ0n) is 10.7. The van der Waals surface area contributed by atoms with Gasteiger partial charge in [0.15, 0.2) is 0 Å². The number of aliphatic hydroxyl groups excluding tert-OH is 1. The van der Waals surface area contributed by atoms with E-state index in [1.165, 1.54) is 0 Å². The lowest BCUT2D eigenvalue weighted by atomic mass is 9.93. The molecule has 3 N–H and O–H groups in total. The Labute approximate surface area is 108 Å². The SMILES string of the molecule is COc1cc(C)c(Cl)cc1C(O)C(N)C(C)C. The van der Waals surface area contributed by atoms with Gasteiger partial charge in [0.1, 0.15) is 5.75 Å². The lowest BCUT2D eigenvalue weighted by Gasteiger charge is -2.24. The van der Waals surface area contributed by atoms with Crippen LogP contribution in [-0.4, -0.2) is 18.3 Å². The molecule has 0 bridgehead atoms. The van der Waals surface area contributed by atoms with Crippen molar-refractivity contribution in [2.75, 3.05) is 7.11 Å². The molecule has 0 saturated carbocycles. The van der Waals surface area contributed by atoms with Crippen molar-refractivity contribution < 1.29 is 9.84 Å². The molecule has 0 fully saturated rings. The minimum atomic E-state index is -0.775. The standard InChI is InChI=1S/C13H20ClNO2/c1-7(2)12(15)13(16)9-6-10(14)8(3)5-11(9)17-4/h5-7,12-13,16H,15H2,1-4H3. The third-order valence-corrected chi connectivity index (χ3v) is 3.37. The van der Waals surface area contributed by atoms with Gasteiger partial charge in [-0.1, -0.05) is 25.4 Å². The van der Waals surface area contributed by atoms with E-state index in [9.17, 15) is 5.11 Å². The van der Waals surface area contributed by atoms with E-state index < -0.39 is 6.10 Å². The van der Waals surface area contributed by atoms with Gasteiger partial charge < -0.3 is 15.6 Å². The van der Waals surface area contributed by atoms with Gasteiger partial charge in [-0.15, -0.1) is 0 Å². The summed E-state index contributed by atoms with van der Waals surface area (Å²) in [5.74, 6) is 0.797. The Morgan fingerprint density at radius 2 is 1.94 bits per heavy atom. The summed E-state index contributed by atoms with van der Waals surface area (Å²) in [7, 11) is 1.57. The maximum Gasteiger partial charge on any atom is 0.125 e. The summed E-state index contributed by atoms with van der Waals surface area (Å²) in [6.45, 7) is 5.83. The Kier molecular flexibility index (Phi) is 4.80. The highest BCUT2D eigenvalue weighted by atomic mass is 35.5. The number of aryl methyl sites for hydroxylation is 1. The predicted molar refractivity (Wildman–Crippen MR) is 70.5 cm³/mol. The van der Waals surface area contributed by atoms with Crippen molar-refractivity contribution in [3.8, 4) is 5.75 Å². The highest BCUT2D eigenvalue weighted by Crippen LogP contribution is 2.33. The van der Waals surface area contributed by atoms with Crippen LogP contribution in [0.5, 0.6) is 5.75 Å². The number of nitrogens with two attached hydrogens (primary N) is 1. The van der Waals surface area contributed by atoms with Crippen LogP contribution < -0.4 is 10.5 Å². The third kappa shape index (κ3) is 3.12. The van der Waals surface area contributed by atoms with E-state index in [1.807, 2.05) is 26.8 Å². The third-order valence-electron chi connectivity index (χ3n) is 2.96. The summed E-state index contributed by atoms with van der Waals surface area (Å²) in [5, 5.41) is 10.8. The molecule has 1 aromatic rings. The van der Waals surface area contributed by atoms with E-state index >= 15 is 0 Å². The van der Waals surface area contributed by atoms with E-state index in [1.54, 1.807) is 13.2 Å². The van der Waals surface area contributed by atoms with Gasteiger partial charge >= 0.3 is 0 Å². The van der Waals surface area contributed by atoms with Crippen LogP contribution in [0, 0.1) is 12.8 Å². The molecule has 1 rings (SSSR count). The molecule has 0 aliphatic carbocycles. The summed E-state index contributed by atoms with van der Waals surface area (Å²) >= 11 is 6.06. The molecule has 17 heavy (non-hydrogen) atoms. The monoisotopic (exact) mass is 257 g/mol. The van der Waals surface area contributed by atoms with Crippen LogP contribution in [0.1, 0.15) is 31.1 Å². The normalized spacial score (nSPS) is 14.8. The predicted octanol–water partition coefficient (Wildman–Crippen LogP) is 2.67. The Morgan fingerprint density at radius 1 is 1.35 bits per heavy atom. The summed E-state index contributed by atoms with van der Waals surface area (Å²) in [5.41, 5.74) is 7.51. The van der Waals surface area contributed by atoms with E-state index in [0.29, 0.717) is 16.3 Å². The van der Waals surface area contributed by atoms with Crippen molar-refractivity contribution in [1.82, 2.24) is 0 Å². The molecule has 0 saturated heterocycles. The van der Waals surface area contributed by atoms with Crippen LogP contribution in [-0.2, 0) is 0 Å². The quantitative estimate of drug-likeness (QED) is 0.872. The lowest BCUT2D eigenvalue weighted by Crippen LogP contribution is -2.33. The molecule has 1 aromatic carbocycles. The zero-order chi connectivity index (χ0) is 13.2. The highest BCUT2D eigenvalue weighted by molar-refractivity contribution is 6.31. The largest absolute Gasteiger partial charge is 0.496 e. The van der Waals surface area contributed by atoms with Crippen molar-refractivity contribution in [3.63, 3.8) is 0 Å². The van der Waals surface area contributed by atoms with Gasteiger partial charge in [-0.25, -0.2) is 0 Å². The van der Waals surface area contributed by atoms with Crippen molar-refractivity contribution in [2.24, 2.45) is 11.7 Å². The molecular weight excluding hydrogens is 238 g/mol. The molecule has 3 nitrogen and oxygen atoms in total. The summed E-state index contributed by atoms with van der Waals surface area (Å²) in [4.78, 5) is 0. The first-order valence-corrected chi connectivity index (χ1v) is 6.04. The number of rotatable bonds is 4. The van der Waals surface area contributed by atoms with Crippen LogP contribution in [0.15, 0.2) is 12.1 Å². The topological polar surface area (TPSA) is 55.5 Å². The minimum Gasteiger partial charge on any atom is -0.496 e. The maximum atomic E-state index is 10.2. The van der Waals surface area contributed by atoms with Gasteiger partial charge in [-0.2, -0.15) is 0 Å². The molecule has 0 aromatic heterocycles. The first kappa shape index (κ1) is 14.3. The average molecular weight is 258 g/mol. The molecule has 4 heteroatoms. The van der Waals surface area contributed by atoms with Gasteiger partial charge in [0.2, 0.25) is 0 Å². The van der Waals surface area contributed by atoms with Gasteiger partial charge in [-0.3, -0.25) is 0 Å². The summed E-state index contributed by atoms with van der Waals surface area (Å²) < 4.78 is 5.26. The number of halogens is 1. The second-order valence-corrected chi connectivity index (χ2v) is 5.02. The molecule has 0 radical (unpaired) electrons. The van der Waals surface area contributed by atoms with Gasteiger partial charge in [0, 0.05) is 16.6 Å². The van der Waals surface area contributed by atoms with E-state index in [2.05, 4.69) is 0 Å². The average Bonchev–Trinajstić information content (AvgIpc) is 2.29. The molecule has 2 atom stereocenters. The number of ether oxygens (including phenoxy) is 1. The Bertz CT molecular complexity index is 393. The molecule has 0 amide bonds. The Balaban J connectivity index is 3.16. The lowest BCUT2D eigenvalue weighted by molar-refractivity contribution is 0.122. The first-order valence-electron chi connectivity index (χ1n) is 5.66. The van der Waals surface area contributed by atoms with Crippen LogP contribution in [0.2, 0.25) is 5.02 Å². The maximum absolute atomic E-state index is 10.2. The fourth-order valence-electron chi connectivity index (χ4n) is 1.65. The van der Waals surface area contributed by atoms with Crippen LogP contribution in [0.4, 0.5) is 0 Å². The van der Waals surface area contributed by atoms with Crippen molar-refractivity contribution in [3.05, 3.63) is 28.3 Å². The molecule has 96 valence electrons. The molecule has 2 unspecified atom stereocenters. The van der Waals surface area contributed by atoms with Crippen molar-refractivity contribution >= 4 is 11.6 Å². The second kappa shape index (κ2) is 5.71. The summed E-state index contributed by atoms with van der Waals surface area (Å²) in [6.07, 6.45) is -0.775. The molecule has 0 aliphatic rings. The van der Waals surface area contributed by atoms with Crippen molar-refractivity contribution in [2.45, 2.75) is 32.9 Å². The number of aliphatic hydroxyl groups is 1. The van der Waals surface area contributed by atoms with Crippen LogP contribution in [0.25, 0.3) is 0 Å². The smallest absolute Gasteiger partial charge is 0.125 e. The van der Waals surface area contributed by atoms with E-state index in [4.69, 9.17) is 22.1 Å². The van der Waals surface area contributed by atoms with Gasteiger partial charge in [0.05, 0.1) is 13.2 Å². The molecule has 0 aliphatic heterocycles. The highest BCUT2D eigenvalue weighted by Gasteiger charge is 2.23. The number of benzene rings is 1.